The van der Waals surface area contributed by atoms with Crippen molar-refractivity contribution in [1.29, 1.82) is 0 Å². The molecule has 17 heavy (non-hydrogen) atoms. The zero-order valence-corrected chi connectivity index (χ0v) is 11.2. The van der Waals surface area contributed by atoms with Gasteiger partial charge < -0.3 is 14.8 Å². The zero-order valence-electron chi connectivity index (χ0n) is 11.2. The molecule has 0 aliphatic rings. The fourth-order valence-electron chi connectivity index (χ4n) is 1.77. The number of benzene rings is 1. The zero-order chi connectivity index (χ0) is 12.7. The highest BCUT2D eigenvalue weighted by atomic mass is 16.5. The minimum Gasteiger partial charge on any atom is -0.496 e. The van der Waals surface area contributed by atoms with Gasteiger partial charge in [-0.05, 0) is 25.0 Å². The van der Waals surface area contributed by atoms with E-state index in [0.717, 1.165) is 25.3 Å². The van der Waals surface area contributed by atoms with Gasteiger partial charge in [0.1, 0.15) is 5.75 Å². The van der Waals surface area contributed by atoms with Crippen molar-refractivity contribution in [3.05, 3.63) is 29.3 Å². The number of methoxy groups -OCH3 is 2. The summed E-state index contributed by atoms with van der Waals surface area (Å²) >= 11 is 0. The van der Waals surface area contributed by atoms with Gasteiger partial charge >= 0.3 is 0 Å². The summed E-state index contributed by atoms with van der Waals surface area (Å²) in [7, 11) is 3.45. The number of nitrogens with one attached hydrogen (secondary N) is 1. The molecule has 1 atom stereocenters. The lowest BCUT2D eigenvalue weighted by atomic mass is 10.1. The monoisotopic (exact) mass is 237 g/mol. The first kappa shape index (κ1) is 14.0. The molecule has 0 spiro atoms. The van der Waals surface area contributed by atoms with Gasteiger partial charge in [0.25, 0.3) is 0 Å². The smallest absolute Gasteiger partial charge is 0.123 e. The van der Waals surface area contributed by atoms with Gasteiger partial charge in [0, 0.05) is 25.3 Å². The van der Waals surface area contributed by atoms with E-state index in [1.54, 1.807) is 14.2 Å². The van der Waals surface area contributed by atoms with Gasteiger partial charge in [-0.3, -0.25) is 0 Å². The van der Waals surface area contributed by atoms with Gasteiger partial charge in [-0.1, -0.05) is 19.1 Å². The van der Waals surface area contributed by atoms with Gasteiger partial charge in [-0.2, -0.15) is 0 Å². The summed E-state index contributed by atoms with van der Waals surface area (Å²) in [5.74, 6) is 0.949. The second-order valence-corrected chi connectivity index (χ2v) is 4.26. The van der Waals surface area contributed by atoms with Crippen molar-refractivity contribution >= 4 is 0 Å². The highest BCUT2D eigenvalue weighted by Crippen LogP contribution is 2.19. The number of hydrogen-bond donors (Lipinski definition) is 1. The molecule has 96 valence electrons. The SMILES string of the molecule is CCC(COC)NCc1ccc(C)cc1OC. The van der Waals surface area contributed by atoms with Crippen LogP contribution >= 0.6 is 0 Å². The Balaban J connectivity index is 2.61. The Kier molecular flexibility index (Phi) is 6.01. The maximum absolute atomic E-state index is 5.38. The lowest BCUT2D eigenvalue weighted by Crippen LogP contribution is -2.32. The topological polar surface area (TPSA) is 30.5 Å². The van der Waals surface area contributed by atoms with Gasteiger partial charge in [-0.25, -0.2) is 0 Å². The van der Waals surface area contributed by atoms with E-state index >= 15 is 0 Å². The lowest BCUT2D eigenvalue weighted by Gasteiger charge is -2.17. The summed E-state index contributed by atoms with van der Waals surface area (Å²) in [6.45, 7) is 5.78. The quantitative estimate of drug-likeness (QED) is 0.790. The highest BCUT2D eigenvalue weighted by molar-refractivity contribution is 5.37. The van der Waals surface area contributed by atoms with E-state index in [1.165, 1.54) is 11.1 Å². The third-order valence-electron chi connectivity index (χ3n) is 2.88. The van der Waals surface area contributed by atoms with Crippen LogP contribution in [0.3, 0.4) is 0 Å². The molecule has 1 aromatic carbocycles. The standard InChI is InChI=1S/C14H23NO2/c1-5-13(10-16-3)15-9-12-7-6-11(2)8-14(12)17-4/h6-8,13,15H,5,9-10H2,1-4H3. The Morgan fingerprint density at radius 3 is 2.65 bits per heavy atom. The van der Waals surface area contributed by atoms with E-state index in [9.17, 15) is 0 Å². The normalized spacial score (nSPS) is 12.5. The Bertz CT molecular complexity index is 339. The molecule has 0 heterocycles. The van der Waals surface area contributed by atoms with Crippen molar-refractivity contribution in [1.82, 2.24) is 5.32 Å². The molecule has 1 N–H and O–H groups in total. The maximum atomic E-state index is 5.38. The summed E-state index contributed by atoms with van der Waals surface area (Å²) in [4.78, 5) is 0. The minimum atomic E-state index is 0.394. The van der Waals surface area contributed by atoms with Crippen LogP contribution in [0.5, 0.6) is 5.75 Å². The Morgan fingerprint density at radius 2 is 2.06 bits per heavy atom. The molecule has 1 unspecified atom stereocenters. The third-order valence-corrected chi connectivity index (χ3v) is 2.88. The second-order valence-electron chi connectivity index (χ2n) is 4.26. The lowest BCUT2D eigenvalue weighted by molar-refractivity contribution is 0.163. The Labute approximate surface area is 104 Å². The number of rotatable bonds is 7. The van der Waals surface area contributed by atoms with Crippen LogP contribution in [0.1, 0.15) is 24.5 Å². The highest BCUT2D eigenvalue weighted by Gasteiger charge is 2.07. The van der Waals surface area contributed by atoms with Crippen molar-refractivity contribution in [2.75, 3.05) is 20.8 Å². The van der Waals surface area contributed by atoms with Crippen LogP contribution in [0.4, 0.5) is 0 Å². The van der Waals surface area contributed by atoms with Crippen molar-refractivity contribution in [2.24, 2.45) is 0 Å². The molecule has 0 saturated carbocycles. The van der Waals surface area contributed by atoms with E-state index in [4.69, 9.17) is 9.47 Å². The second kappa shape index (κ2) is 7.30. The molecule has 0 radical (unpaired) electrons. The summed E-state index contributed by atoms with van der Waals surface area (Å²) in [5.41, 5.74) is 2.40. The van der Waals surface area contributed by atoms with Crippen LogP contribution in [0.25, 0.3) is 0 Å². The molecule has 0 amide bonds. The Morgan fingerprint density at radius 1 is 1.29 bits per heavy atom. The molecule has 0 fully saturated rings. The maximum Gasteiger partial charge on any atom is 0.123 e. The Hall–Kier alpha value is -1.06. The molecular weight excluding hydrogens is 214 g/mol. The molecular formula is C14H23NO2. The van der Waals surface area contributed by atoms with E-state index in [1.807, 2.05) is 0 Å². The largest absolute Gasteiger partial charge is 0.496 e. The molecule has 0 aliphatic heterocycles. The molecule has 1 rings (SSSR count). The van der Waals surface area contributed by atoms with Crippen LogP contribution in [0.15, 0.2) is 18.2 Å². The van der Waals surface area contributed by atoms with Crippen molar-refractivity contribution < 1.29 is 9.47 Å². The van der Waals surface area contributed by atoms with Crippen LogP contribution in [-0.2, 0) is 11.3 Å². The van der Waals surface area contributed by atoms with E-state index in [0.29, 0.717) is 6.04 Å². The molecule has 0 aromatic heterocycles. The van der Waals surface area contributed by atoms with E-state index < -0.39 is 0 Å². The average molecular weight is 237 g/mol. The van der Waals surface area contributed by atoms with Crippen LogP contribution < -0.4 is 10.1 Å². The molecule has 0 saturated heterocycles. The molecule has 3 heteroatoms. The van der Waals surface area contributed by atoms with Gasteiger partial charge in [0.05, 0.1) is 13.7 Å². The van der Waals surface area contributed by atoms with Crippen molar-refractivity contribution in [3.8, 4) is 5.75 Å². The van der Waals surface area contributed by atoms with Crippen molar-refractivity contribution in [2.45, 2.75) is 32.9 Å². The summed E-state index contributed by atoms with van der Waals surface area (Å²) in [5, 5.41) is 3.48. The van der Waals surface area contributed by atoms with Crippen LogP contribution in [0, 0.1) is 6.92 Å². The predicted molar refractivity (Wildman–Crippen MR) is 70.5 cm³/mol. The molecule has 0 bridgehead atoms. The van der Waals surface area contributed by atoms with Crippen LogP contribution in [0.2, 0.25) is 0 Å². The number of ether oxygens (including phenoxy) is 2. The summed E-state index contributed by atoms with van der Waals surface area (Å²) in [6, 6.07) is 6.68. The molecule has 0 aliphatic carbocycles. The molecule has 3 nitrogen and oxygen atoms in total. The first-order chi connectivity index (χ1) is 8.21. The van der Waals surface area contributed by atoms with Gasteiger partial charge in [0.15, 0.2) is 0 Å². The fraction of sp³-hybridized carbons (Fsp3) is 0.571. The summed E-state index contributed by atoms with van der Waals surface area (Å²) < 4.78 is 10.5. The minimum absolute atomic E-state index is 0.394. The van der Waals surface area contributed by atoms with Crippen LogP contribution in [-0.4, -0.2) is 26.9 Å². The first-order valence-electron chi connectivity index (χ1n) is 6.07. The average Bonchev–Trinajstić information content (AvgIpc) is 2.35. The van der Waals surface area contributed by atoms with Gasteiger partial charge in [0.2, 0.25) is 0 Å². The number of aryl methyl sites for hydroxylation is 1. The predicted octanol–water partition coefficient (Wildman–Crippen LogP) is 2.52. The molecule has 1 aromatic rings. The fourth-order valence-corrected chi connectivity index (χ4v) is 1.77. The third kappa shape index (κ3) is 4.36. The summed E-state index contributed by atoms with van der Waals surface area (Å²) in [6.07, 6.45) is 1.06. The van der Waals surface area contributed by atoms with Crippen molar-refractivity contribution in [3.63, 3.8) is 0 Å². The van der Waals surface area contributed by atoms with Gasteiger partial charge in [-0.15, -0.1) is 0 Å². The first-order valence-corrected chi connectivity index (χ1v) is 6.07. The van der Waals surface area contributed by atoms with E-state index in [-0.39, 0.29) is 0 Å². The number of hydrogen-bond acceptors (Lipinski definition) is 3. The van der Waals surface area contributed by atoms with E-state index in [2.05, 4.69) is 37.4 Å².